The number of para-hydroxylation sites is 1. The molecule has 1 amide bonds. The van der Waals surface area contributed by atoms with Gasteiger partial charge in [0.05, 0.1) is 32.9 Å². The van der Waals surface area contributed by atoms with Gasteiger partial charge in [0.1, 0.15) is 11.3 Å². The molecule has 1 heterocycles. The molecule has 2 aromatic carbocycles. The maximum absolute atomic E-state index is 12.4. The van der Waals surface area contributed by atoms with Crippen LogP contribution in [-0.4, -0.2) is 39.8 Å². The third kappa shape index (κ3) is 4.48. The molecular formula is C22H23NO7. The molecule has 3 aromatic rings. The van der Waals surface area contributed by atoms with Crippen molar-refractivity contribution in [2.75, 3.05) is 27.9 Å². The third-order valence-corrected chi connectivity index (χ3v) is 4.48. The number of benzene rings is 2. The molecule has 0 aliphatic heterocycles. The Balaban J connectivity index is 1.62. The zero-order valence-electron chi connectivity index (χ0n) is 17.2. The van der Waals surface area contributed by atoms with Crippen LogP contribution < -0.4 is 19.5 Å². The van der Waals surface area contributed by atoms with Crippen molar-refractivity contribution < 1.29 is 33.0 Å². The van der Waals surface area contributed by atoms with Crippen LogP contribution in [0.25, 0.3) is 11.0 Å². The van der Waals surface area contributed by atoms with Crippen LogP contribution in [0.5, 0.6) is 17.2 Å². The highest BCUT2D eigenvalue weighted by atomic mass is 16.5. The summed E-state index contributed by atoms with van der Waals surface area (Å²) in [5, 5.41) is 3.69. The zero-order valence-corrected chi connectivity index (χ0v) is 17.2. The van der Waals surface area contributed by atoms with Gasteiger partial charge in [0.2, 0.25) is 5.75 Å². The van der Waals surface area contributed by atoms with E-state index >= 15 is 0 Å². The van der Waals surface area contributed by atoms with Gasteiger partial charge in [0.25, 0.3) is 5.91 Å². The number of methoxy groups -OCH3 is 3. The van der Waals surface area contributed by atoms with Crippen molar-refractivity contribution in [2.45, 2.75) is 13.0 Å². The number of esters is 1. The number of carbonyl (C=O) groups is 2. The molecule has 8 nitrogen and oxygen atoms in total. The monoisotopic (exact) mass is 413 g/mol. The second-order valence-corrected chi connectivity index (χ2v) is 6.47. The predicted octanol–water partition coefficient (Wildman–Crippen LogP) is 3.49. The smallest absolute Gasteiger partial charge is 0.338 e. The topological polar surface area (TPSA) is 96.2 Å². The fourth-order valence-corrected chi connectivity index (χ4v) is 2.98. The molecular weight excluding hydrogens is 390 g/mol. The highest BCUT2D eigenvalue weighted by molar-refractivity contribution is 5.93. The summed E-state index contributed by atoms with van der Waals surface area (Å²) in [6, 6.07) is 12.0. The molecule has 30 heavy (non-hydrogen) atoms. The summed E-state index contributed by atoms with van der Waals surface area (Å²) >= 11 is 0. The molecule has 1 N–H and O–H groups in total. The van der Waals surface area contributed by atoms with Gasteiger partial charge in [-0.2, -0.15) is 0 Å². The Hall–Kier alpha value is -3.68. The first-order valence-electron chi connectivity index (χ1n) is 9.21. The van der Waals surface area contributed by atoms with Crippen LogP contribution >= 0.6 is 0 Å². The number of rotatable bonds is 8. The average molecular weight is 413 g/mol. The highest BCUT2D eigenvalue weighted by Crippen LogP contribution is 2.38. The maximum Gasteiger partial charge on any atom is 0.338 e. The van der Waals surface area contributed by atoms with E-state index in [0.717, 1.165) is 11.0 Å². The molecule has 0 saturated heterocycles. The minimum absolute atomic E-state index is 0.169. The summed E-state index contributed by atoms with van der Waals surface area (Å²) in [5.41, 5.74) is 0.907. The number of carbonyl (C=O) groups excluding carboxylic acids is 2. The van der Waals surface area contributed by atoms with E-state index in [0.29, 0.717) is 23.0 Å². The number of hydrogen-bond donors (Lipinski definition) is 1. The summed E-state index contributed by atoms with van der Waals surface area (Å²) in [6.45, 7) is 1.34. The molecule has 0 fully saturated rings. The molecule has 0 aliphatic rings. The zero-order chi connectivity index (χ0) is 21.7. The quantitative estimate of drug-likeness (QED) is 0.565. The van der Waals surface area contributed by atoms with Crippen LogP contribution in [0.15, 0.2) is 46.9 Å². The van der Waals surface area contributed by atoms with E-state index < -0.39 is 18.5 Å². The van der Waals surface area contributed by atoms with Gasteiger partial charge in [-0.3, -0.25) is 4.79 Å². The lowest BCUT2D eigenvalue weighted by Gasteiger charge is -2.14. The van der Waals surface area contributed by atoms with Crippen LogP contribution in [0.3, 0.4) is 0 Å². The van der Waals surface area contributed by atoms with Crippen molar-refractivity contribution in [3.8, 4) is 17.2 Å². The lowest BCUT2D eigenvalue weighted by atomic mass is 10.2. The summed E-state index contributed by atoms with van der Waals surface area (Å²) in [7, 11) is 4.35. The van der Waals surface area contributed by atoms with Crippen LogP contribution in [0.1, 0.15) is 29.1 Å². The summed E-state index contributed by atoms with van der Waals surface area (Å²) < 4.78 is 26.5. The van der Waals surface area contributed by atoms with Gasteiger partial charge in [-0.05, 0) is 31.2 Å². The Morgan fingerprint density at radius 2 is 1.67 bits per heavy atom. The van der Waals surface area contributed by atoms with E-state index in [2.05, 4.69) is 5.32 Å². The summed E-state index contributed by atoms with van der Waals surface area (Å²) in [4.78, 5) is 24.6. The number of amides is 1. The Morgan fingerprint density at radius 1 is 1.00 bits per heavy atom. The first-order chi connectivity index (χ1) is 14.5. The SMILES string of the molecule is COc1cc(C(=O)OCC(=O)N[C@@H](C)c2cc3ccccc3o2)cc(OC)c1OC. The minimum Gasteiger partial charge on any atom is -0.493 e. The van der Waals surface area contributed by atoms with E-state index in [1.54, 1.807) is 6.92 Å². The van der Waals surface area contributed by atoms with Gasteiger partial charge in [-0.15, -0.1) is 0 Å². The number of furan rings is 1. The van der Waals surface area contributed by atoms with Crippen molar-refractivity contribution in [1.82, 2.24) is 5.32 Å². The van der Waals surface area contributed by atoms with E-state index in [1.165, 1.54) is 33.5 Å². The fraction of sp³-hybridized carbons (Fsp3) is 0.273. The van der Waals surface area contributed by atoms with E-state index in [1.807, 2.05) is 30.3 Å². The molecule has 0 spiro atoms. The molecule has 0 saturated carbocycles. The molecule has 0 bridgehead atoms. The van der Waals surface area contributed by atoms with Gasteiger partial charge in [-0.25, -0.2) is 4.79 Å². The van der Waals surface area contributed by atoms with Gasteiger partial charge >= 0.3 is 5.97 Å². The van der Waals surface area contributed by atoms with Gasteiger partial charge in [-0.1, -0.05) is 18.2 Å². The average Bonchev–Trinajstić information content (AvgIpc) is 3.20. The summed E-state index contributed by atoms with van der Waals surface area (Å²) in [5.74, 6) is 0.442. The van der Waals surface area contributed by atoms with Crippen molar-refractivity contribution in [1.29, 1.82) is 0 Å². The van der Waals surface area contributed by atoms with Crippen LogP contribution in [-0.2, 0) is 9.53 Å². The second-order valence-electron chi connectivity index (χ2n) is 6.47. The largest absolute Gasteiger partial charge is 0.493 e. The fourth-order valence-electron chi connectivity index (χ4n) is 2.98. The molecule has 158 valence electrons. The first-order valence-corrected chi connectivity index (χ1v) is 9.21. The lowest BCUT2D eigenvalue weighted by molar-refractivity contribution is -0.125. The molecule has 0 unspecified atom stereocenters. The Kier molecular flexibility index (Phi) is 6.46. The van der Waals surface area contributed by atoms with Gasteiger partial charge in [0.15, 0.2) is 18.1 Å². The van der Waals surface area contributed by atoms with Gasteiger partial charge in [0, 0.05) is 5.39 Å². The van der Waals surface area contributed by atoms with E-state index in [4.69, 9.17) is 23.4 Å². The Bertz CT molecular complexity index is 999. The van der Waals surface area contributed by atoms with Crippen LogP contribution in [0.2, 0.25) is 0 Å². The van der Waals surface area contributed by atoms with Crippen LogP contribution in [0, 0.1) is 0 Å². The Morgan fingerprint density at radius 3 is 2.27 bits per heavy atom. The van der Waals surface area contributed by atoms with Crippen molar-refractivity contribution in [2.24, 2.45) is 0 Å². The molecule has 0 aliphatic carbocycles. The number of fused-ring (bicyclic) bond motifs is 1. The highest BCUT2D eigenvalue weighted by Gasteiger charge is 2.20. The number of ether oxygens (including phenoxy) is 4. The molecule has 8 heteroatoms. The van der Waals surface area contributed by atoms with Crippen LogP contribution in [0.4, 0.5) is 0 Å². The number of nitrogens with one attached hydrogen (secondary N) is 1. The van der Waals surface area contributed by atoms with Gasteiger partial charge < -0.3 is 28.7 Å². The van der Waals surface area contributed by atoms with E-state index in [9.17, 15) is 9.59 Å². The molecule has 3 rings (SSSR count). The maximum atomic E-state index is 12.4. The van der Waals surface area contributed by atoms with Crippen molar-refractivity contribution in [3.05, 3.63) is 53.8 Å². The van der Waals surface area contributed by atoms with Crippen molar-refractivity contribution >= 4 is 22.8 Å². The minimum atomic E-state index is -0.694. The third-order valence-electron chi connectivity index (χ3n) is 4.48. The second kappa shape index (κ2) is 9.21. The normalized spacial score (nSPS) is 11.6. The number of hydrogen-bond acceptors (Lipinski definition) is 7. The molecule has 0 radical (unpaired) electrons. The van der Waals surface area contributed by atoms with Crippen molar-refractivity contribution in [3.63, 3.8) is 0 Å². The lowest BCUT2D eigenvalue weighted by Crippen LogP contribution is -2.31. The molecule has 1 atom stereocenters. The summed E-state index contributed by atoms with van der Waals surface area (Å²) in [6.07, 6.45) is 0. The predicted molar refractivity (Wildman–Crippen MR) is 109 cm³/mol. The first kappa shape index (κ1) is 21.0. The van der Waals surface area contributed by atoms with E-state index in [-0.39, 0.29) is 11.6 Å². The Labute approximate surface area is 173 Å². The standard InChI is InChI=1S/C22H23NO7/c1-13(17-9-14-7-5-6-8-16(14)30-17)23-20(24)12-29-22(25)15-10-18(26-2)21(28-4)19(11-15)27-3/h5-11,13H,12H2,1-4H3,(H,23,24)/t13-/m0/s1. The molecule has 1 aromatic heterocycles.